The molecule has 29 heavy (non-hydrogen) atoms. The molecule has 0 spiro atoms. The second kappa shape index (κ2) is 8.34. The zero-order chi connectivity index (χ0) is 22.1. The Labute approximate surface area is 178 Å². The number of benzene rings is 2. The zero-order valence-electron chi connectivity index (χ0n) is 20.0. The molecule has 0 atom stereocenters. The van der Waals surface area contributed by atoms with E-state index in [-0.39, 0.29) is 10.8 Å². The number of phenolic OH excluding ortho intramolecular Hbond substituents is 1. The van der Waals surface area contributed by atoms with Crippen LogP contribution in [0.15, 0.2) is 35.3 Å². The van der Waals surface area contributed by atoms with Gasteiger partial charge in [-0.1, -0.05) is 93.5 Å². The van der Waals surface area contributed by atoms with Crippen LogP contribution in [-0.2, 0) is 10.8 Å². The van der Waals surface area contributed by atoms with Crippen LogP contribution < -0.4 is 0 Å². The smallest absolute Gasteiger partial charge is 0.128 e. The molecular weight excluding hydrogens is 354 g/mol. The summed E-state index contributed by atoms with van der Waals surface area (Å²) in [5, 5.41) is 11.1. The Bertz CT molecular complexity index is 864. The maximum Gasteiger partial charge on any atom is 0.128 e. The van der Waals surface area contributed by atoms with Crippen molar-refractivity contribution in [2.45, 2.75) is 91.9 Å². The fourth-order valence-electron chi connectivity index (χ4n) is 3.55. The van der Waals surface area contributed by atoms with Crippen LogP contribution in [0.1, 0.15) is 109 Å². The first kappa shape index (κ1) is 23.2. The van der Waals surface area contributed by atoms with Crippen molar-refractivity contribution in [1.29, 1.82) is 0 Å². The van der Waals surface area contributed by atoms with Gasteiger partial charge in [0.25, 0.3) is 0 Å². The number of hydrogen-bond donors (Lipinski definition) is 1. The van der Waals surface area contributed by atoms with Crippen LogP contribution in [0.4, 0.5) is 5.69 Å². The molecule has 1 N–H and O–H groups in total. The third-order valence-electron chi connectivity index (χ3n) is 5.49. The van der Waals surface area contributed by atoms with Crippen molar-refractivity contribution in [1.82, 2.24) is 0 Å². The van der Waals surface area contributed by atoms with E-state index in [2.05, 4.69) is 99.6 Å². The molecule has 0 unspecified atom stereocenters. The van der Waals surface area contributed by atoms with Gasteiger partial charge < -0.3 is 5.11 Å². The van der Waals surface area contributed by atoms with Crippen molar-refractivity contribution in [3.05, 3.63) is 58.1 Å². The van der Waals surface area contributed by atoms with Gasteiger partial charge in [-0.25, -0.2) is 0 Å². The summed E-state index contributed by atoms with van der Waals surface area (Å²) in [6, 6.07) is 10.7. The monoisotopic (exact) mass is 393 g/mol. The van der Waals surface area contributed by atoms with Crippen molar-refractivity contribution >= 4 is 11.9 Å². The third-order valence-corrected chi connectivity index (χ3v) is 5.49. The number of hydrogen-bond acceptors (Lipinski definition) is 2. The Kier molecular flexibility index (Phi) is 6.67. The minimum absolute atomic E-state index is 0.00474. The molecule has 2 heteroatoms. The minimum Gasteiger partial charge on any atom is -0.507 e. The van der Waals surface area contributed by atoms with E-state index in [0.717, 1.165) is 16.8 Å². The zero-order valence-corrected chi connectivity index (χ0v) is 20.0. The molecule has 158 valence electrons. The van der Waals surface area contributed by atoms with Crippen LogP contribution >= 0.6 is 0 Å². The lowest BCUT2D eigenvalue weighted by atomic mass is 9.79. The molecule has 2 rings (SSSR count). The number of phenols is 1. The highest BCUT2D eigenvalue weighted by molar-refractivity contribution is 5.87. The Balaban J connectivity index is 2.71. The lowest BCUT2D eigenvalue weighted by Gasteiger charge is -2.27. The van der Waals surface area contributed by atoms with Gasteiger partial charge in [-0.2, -0.15) is 0 Å². The molecule has 0 aromatic heterocycles. The van der Waals surface area contributed by atoms with Crippen LogP contribution in [0.3, 0.4) is 0 Å². The molecule has 2 nitrogen and oxygen atoms in total. The molecule has 0 amide bonds. The quantitative estimate of drug-likeness (QED) is 0.525. The van der Waals surface area contributed by atoms with E-state index in [0.29, 0.717) is 17.6 Å². The van der Waals surface area contributed by atoms with E-state index >= 15 is 0 Å². The predicted molar refractivity (Wildman–Crippen MR) is 127 cm³/mol. The molecule has 2 aromatic carbocycles. The SMILES string of the molecule is CC(C)c1cccc(C(C)C)c1/N=C/c1cc(C(C)(C)C)cc(C(C)(C)C)c1O. The lowest BCUT2D eigenvalue weighted by molar-refractivity contribution is 0.444. The summed E-state index contributed by atoms with van der Waals surface area (Å²) in [6.07, 6.45) is 1.85. The van der Waals surface area contributed by atoms with Crippen LogP contribution in [0.5, 0.6) is 5.75 Å². The molecule has 0 radical (unpaired) electrons. The Morgan fingerprint density at radius 2 is 1.34 bits per heavy atom. The van der Waals surface area contributed by atoms with E-state index in [4.69, 9.17) is 4.99 Å². The van der Waals surface area contributed by atoms with Crippen molar-refractivity contribution in [3.8, 4) is 5.75 Å². The third kappa shape index (κ3) is 5.29. The molecule has 0 aliphatic heterocycles. The van der Waals surface area contributed by atoms with Gasteiger partial charge in [0.1, 0.15) is 5.75 Å². The summed E-state index contributed by atoms with van der Waals surface area (Å²) in [6.45, 7) is 21.8. The number of para-hydroxylation sites is 1. The predicted octanol–water partition coefficient (Wildman–Crippen LogP) is 7.98. The Morgan fingerprint density at radius 3 is 1.76 bits per heavy atom. The first-order chi connectivity index (χ1) is 13.2. The Morgan fingerprint density at radius 1 is 0.828 bits per heavy atom. The summed E-state index contributed by atoms with van der Waals surface area (Å²) in [7, 11) is 0. The molecule has 0 aliphatic carbocycles. The maximum absolute atomic E-state index is 11.1. The van der Waals surface area contributed by atoms with Gasteiger partial charge in [-0.15, -0.1) is 0 Å². The number of aliphatic imine (C=N–C) groups is 1. The summed E-state index contributed by atoms with van der Waals surface area (Å²) < 4.78 is 0. The Hall–Kier alpha value is -2.09. The van der Waals surface area contributed by atoms with Gasteiger partial charge in [0, 0.05) is 17.3 Å². The van der Waals surface area contributed by atoms with E-state index in [1.54, 1.807) is 0 Å². The van der Waals surface area contributed by atoms with Crippen LogP contribution in [0.2, 0.25) is 0 Å². The van der Waals surface area contributed by atoms with E-state index < -0.39 is 0 Å². The fraction of sp³-hybridized carbons (Fsp3) is 0.519. The van der Waals surface area contributed by atoms with E-state index in [1.807, 2.05) is 6.21 Å². The first-order valence-corrected chi connectivity index (χ1v) is 10.8. The van der Waals surface area contributed by atoms with Gasteiger partial charge in [-0.3, -0.25) is 4.99 Å². The van der Waals surface area contributed by atoms with Crippen molar-refractivity contribution in [3.63, 3.8) is 0 Å². The average Bonchev–Trinajstić information content (AvgIpc) is 2.58. The topological polar surface area (TPSA) is 32.6 Å². The summed E-state index contributed by atoms with van der Waals surface area (Å²) >= 11 is 0. The summed E-state index contributed by atoms with van der Waals surface area (Å²) in [5.41, 5.74) is 6.34. The lowest BCUT2D eigenvalue weighted by Crippen LogP contribution is -2.17. The first-order valence-electron chi connectivity index (χ1n) is 10.8. The molecule has 2 aromatic rings. The maximum atomic E-state index is 11.1. The number of nitrogens with zero attached hydrogens (tertiary/aromatic N) is 1. The van der Waals surface area contributed by atoms with Crippen molar-refractivity contribution < 1.29 is 5.11 Å². The summed E-state index contributed by atoms with van der Waals surface area (Å²) in [5.74, 6) is 1.11. The molecule has 0 bridgehead atoms. The minimum atomic E-state index is -0.146. The number of rotatable bonds is 4. The standard InChI is InChI=1S/C27H39NO/c1-17(2)21-12-11-13-22(18(3)4)24(21)28-16-19-14-20(26(5,6)7)15-23(25(19)29)27(8,9)10/h11-18,29H,1-10H3/b28-16+. The van der Waals surface area contributed by atoms with Crippen molar-refractivity contribution in [2.24, 2.45) is 4.99 Å². The van der Waals surface area contributed by atoms with Gasteiger partial charge >= 0.3 is 0 Å². The normalized spacial score (nSPS) is 13.1. The van der Waals surface area contributed by atoms with Gasteiger partial charge in [0.15, 0.2) is 0 Å². The van der Waals surface area contributed by atoms with Crippen LogP contribution in [0.25, 0.3) is 0 Å². The molecular formula is C27H39NO. The molecule has 0 saturated heterocycles. The highest BCUT2D eigenvalue weighted by Crippen LogP contribution is 2.38. The fourth-order valence-corrected chi connectivity index (χ4v) is 3.55. The molecule has 0 heterocycles. The van der Waals surface area contributed by atoms with Crippen LogP contribution in [-0.4, -0.2) is 11.3 Å². The molecule has 0 fully saturated rings. The second-order valence-electron chi connectivity index (χ2n) is 10.8. The highest BCUT2D eigenvalue weighted by Gasteiger charge is 2.24. The molecule has 0 saturated carbocycles. The van der Waals surface area contributed by atoms with Gasteiger partial charge in [-0.05, 0) is 45.4 Å². The highest BCUT2D eigenvalue weighted by atomic mass is 16.3. The second-order valence-corrected chi connectivity index (χ2v) is 10.8. The van der Waals surface area contributed by atoms with Crippen molar-refractivity contribution in [2.75, 3.05) is 0 Å². The number of aromatic hydroxyl groups is 1. The van der Waals surface area contributed by atoms with Gasteiger partial charge in [0.2, 0.25) is 0 Å². The van der Waals surface area contributed by atoms with Gasteiger partial charge in [0.05, 0.1) is 5.69 Å². The molecule has 0 aliphatic rings. The van der Waals surface area contributed by atoms with E-state index in [9.17, 15) is 5.11 Å². The van der Waals surface area contributed by atoms with Crippen LogP contribution in [0, 0.1) is 0 Å². The van der Waals surface area contributed by atoms with E-state index in [1.165, 1.54) is 16.7 Å². The summed E-state index contributed by atoms with van der Waals surface area (Å²) in [4.78, 5) is 4.94. The largest absolute Gasteiger partial charge is 0.507 e. The average molecular weight is 394 g/mol.